The van der Waals surface area contributed by atoms with E-state index in [-0.39, 0.29) is 17.8 Å². The Morgan fingerprint density at radius 3 is 2.53 bits per heavy atom. The molecule has 2 aromatic carbocycles. The van der Waals surface area contributed by atoms with Gasteiger partial charge in [-0.25, -0.2) is 9.07 Å². The molecule has 0 aliphatic carbocycles. The molecule has 1 amide bonds. The Morgan fingerprint density at radius 1 is 1.06 bits per heavy atom. The summed E-state index contributed by atoms with van der Waals surface area (Å²) in [7, 11) is 0. The molecule has 1 aliphatic rings. The van der Waals surface area contributed by atoms with Crippen molar-refractivity contribution in [3.05, 3.63) is 95.3 Å². The van der Waals surface area contributed by atoms with Crippen LogP contribution >= 0.6 is 11.3 Å². The number of hydrogen-bond acceptors (Lipinski definition) is 5. The fourth-order valence-electron chi connectivity index (χ4n) is 4.16. The van der Waals surface area contributed by atoms with Gasteiger partial charge in [0.15, 0.2) is 0 Å². The zero-order valence-electron chi connectivity index (χ0n) is 18.6. The molecule has 1 atom stereocenters. The molecule has 8 heteroatoms. The van der Waals surface area contributed by atoms with E-state index in [2.05, 4.69) is 10.2 Å². The summed E-state index contributed by atoms with van der Waals surface area (Å²) in [5, 5.41) is 9.81. The standard InChI is InChI=1S/C26H25FN4O2S/c27-20-10-8-19(9-11-20)23(30-12-14-33-15-13-30)17-28-26(32)22-18-31(21-5-2-1-3-6-21)29-25(22)24-7-4-16-34-24/h1-11,16,18,23H,12-15,17H2,(H,28,32)/t23-/m0/s1. The molecule has 34 heavy (non-hydrogen) atoms. The highest BCUT2D eigenvalue weighted by atomic mass is 32.1. The van der Waals surface area contributed by atoms with Gasteiger partial charge in [-0.1, -0.05) is 36.4 Å². The molecule has 3 heterocycles. The van der Waals surface area contributed by atoms with E-state index in [1.807, 2.05) is 47.8 Å². The van der Waals surface area contributed by atoms with E-state index in [1.54, 1.807) is 34.3 Å². The highest BCUT2D eigenvalue weighted by Gasteiger charge is 2.25. The molecule has 174 valence electrons. The first-order valence-electron chi connectivity index (χ1n) is 11.2. The molecule has 0 radical (unpaired) electrons. The molecule has 0 saturated carbocycles. The summed E-state index contributed by atoms with van der Waals surface area (Å²) in [6, 6.07) is 20.1. The summed E-state index contributed by atoms with van der Waals surface area (Å²) in [6.45, 7) is 3.18. The number of rotatable bonds is 7. The molecule has 1 fully saturated rings. The normalized spacial score (nSPS) is 15.2. The van der Waals surface area contributed by atoms with Crippen LogP contribution in [0.4, 0.5) is 4.39 Å². The molecule has 2 aromatic heterocycles. The molecule has 0 spiro atoms. The van der Waals surface area contributed by atoms with Crippen molar-refractivity contribution < 1.29 is 13.9 Å². The number of amides is 1. The second kappa shape index (κ2) is 10.3. The quantitative estimate of drug-likeness (QED) is 0.425. The summed E-state index contributed by atoms with van der Waals surface area (Å²) in [5.74, 6) is -0.464. The summed E-state index contributed by atoms with van der Waals surface area (Å²) in [4.78, 5) is 16.6. The Labute approximate surface area is 201 Å². The molecule has 6 nitrogen and oxygen atoms in total. The van der Waals surface area contributed by atoms with Gasteiger partial charge >= 0.3 is 0 Å². The van der Waals surface area contributed by atoms with Crippen LogP contribution in [-0.4, -0.2) is 53.4 Å². The van der Waals surface area contributed by atoms with Crippen molar-refractivity contribution in [2.45, 2.75) is 6.04 Å². The van der Waals surface area contributed by atoms with Crippen molar-refractivity contribution in [1.29, 1.82) is 0 Å². The van der Waals surface area contributed by atoms with Crippen LogP contribution in [0.2, 0.25) is 0 Å². The fraction of sp³-hybridized carbons (Fsp3) is 0.231. The van der Waals surface area contributed by atoms with Crippen LogP contribution in [0.5, 0.6) is 0 Å². The van der Waals surface area contributed by atoms with Gasteiger partial charge in [-0.2, -0.15) is 5.10 Å². The Balaban J connectivity index is 1.41. The van der Waals surface area contributed by atoms with Crippen molar-refractivity contribution in [3.8, 4) is 16.3 Å². The lowest BCUT2D eigenvalue weighted by molar-refractivity contribution is 0.0162. The smallest absolute Gasteiger partial charge is 0.255 e. The number of carbonyl (C=O) groups is 1. The topological polar surface area (TPSA) is 59.4 Å². The predicted molar refractivity (Wildman–Crippen MR) is 131 cm³/mol. The number of benzene rings is 2. The number of halogens is 1. The Hall–Kier alpha value is -3.33. The third kappa shape index (κ3) is 4.94. The first kappa shape index (κ1) is 22.5. The van der Waals surface area contributed by atoms with Gasteiger partial charge in [0.05, 0.1) is 35.4 Å². The van der Waals surface area contributed by atoms with Crippen LogP contribution in [0.3, 0.4) is 0 Å². The van der Waals surface area contributed by atoms with Crippen molar-refractivity contribution in [1.82, 2.24) is 20.0 Å². The summed E-state index contributed by atoms with van der Waals surface area (Å²) in [5.41, 5.74) is 3.02. The second-order valence-electron chi connectivity index (χ2n) is 8.07. The van der Waals surface area contributed by atoms with Crippen LogP contribution in [0.15, 0.2) is 78.3 Å². The number of ether oxygens (including phenoxy) is 1. The minimum absolute atomic E-state index is 0.0807. The Kier molecular flexibility index (Phi) is 6.80. The molecule has 1 saturated heterocycles. The maximum atomic E-state index is 13.5. The third-order valence-electron chi connectivity index (χ3n) is 5.93. The van der Waals surface area contributed by atoms with Gasteiger partial charge < -0.3 is 10.1 Å². The minimum atomic E-state index is -0.276. The van der Waals surface area contributed by atoms with Crippen molar-refractivity contribution in [2.24, 2.45) is 0 Å². The van der Waals surface area contributed by atoms with E-state index in [9.17, 15) is 9.18 Å². The average Bonchev–Trinajstić information content (AvgIpc) is 3.57. The maximum absolute atomic E-state index is 13.5. The lowest BCUT2D eigenvalue weighted by atomic mass is 10.0. The number of morpholine rings is 1. The predicted octanol–water partition coefficient (Wildman–Crippen LogP) is 4.54. The highest BCUT2D eigenvalue weighted by Crippen LogP contribution is 2.28. The van der Waals surface area contributed by atoms with Crippen LogP contribution < -0.4 is 5.32 Å². The van der Waals surface area contributed by atoms with E-state index >= 15 is 0 Å². The largest absolute Gasteiger partial charge is 0.379 e. The van der Waals surface area contributed by atoms with Gasteiger partial charge in [0.1, 0.15) is 11.5 Å². The highest BCUT2D eigenvalue weighted by molar-refractivity contribution is 7.13. The number of carbonyl (C=O) groups excluding carboxylic acids is 1. The zero-order valence-corrected chi connectivity index (χ0v) is 19.4. The fourth-order valence-corrected chi connectivity index (χ4v) is 4.89. The number of hydrogen-bond donors (Lipinski definition) is 1. The average molecular weight is 477 g/mol. The van der Waals surface area contributed by atoms with E-state index in [0.29, 0.717) is 31.0 Å². The van der Waals surface area contributed by atoms with Crippen molar-refractivity contribution in [2.75, 3.05) is 32.8 Å². The van der Waals surface area contributed by atoms with E-state index < -0.39 is 0 Å². The van der Waals surface area contributed by atoms with Gasteiger partial charge in [-0.15, -0.1) is 11.3 Å². The van der Waals surface area contributed by atoms with E-state index in [4.69, 9.17) is 9.84 Å². The summed E-state index contributed by atoms with van der Waals surface area (Å²) in [6.07, 6.45) is 1.78. The van der Waals surface area contributed by atoms with Gasteiger partial charge in [-0.3, -0.25) is 9.69 Å². The molecule has 0 bridgehead atoms. The van der Waals surface area contributed by atoms with Crippen LogP contribution in [0, 0.1) is 5.82 Å². The van der Waals surface area contributed by atoms with E-state index in [0.717, 1.165) is 29.2 Å². The van der Waals surface area contributed by atoms with Crippen LogP contribution in [-0.2, 0) is 4.74 Å². The number of nitrogens with zero attached hydrogens (tertiary/aromatic N) is 3. The first-order valence-corrected chi connectivity index (χ1v) is 12.1. The molecule has 1 aliphatic heterocycles. The monoisotopic (exact) mass is 476 g/mol. The van der Waals surface area contributed by atoms with Crippen molar-refractivity contribution >= 4 is 17.2 Å². The van der Waals surface area contributed by atoms with Gasteiger partial charge in [-0.05, 0) is 41.3 Å². The Morgan fingerprint density at radius 2 is 1.82 bits per heavy atom. The number of nitrogens with one attached hydrogen (secondary N) is 1. The first-order chi connectivity index (χ1) is 16.7. The minimum Gasteiger partial charge on any atom is -0.379 e. The SMILES string of the molecule is O=C(NC[C@@H](c1ccc(F)cc1)N1CCOCC1)c1cn(-c2ccccc2)nc1-c1cccs1. The lowest BCUT2D eigenvalue weighted by Crippen LogP contribution is -2.43. The second-order valence-corrected chi connectivity index (χ2v) is 9.02. The maximum Gasteiger partial charge on any atom is 0.255 e. The third-order valence-corrected chi connectivity index (χ3v) is 6.81. The zero-order chi connectivity index (χ0) is 23.3. The molecule has 0 unspecified atom stereocenters. The molecule has 4 aromatic rings. The number of thiophene rings is 1. The van der Waals surface area contributed by atoms with Gasteiger partial charge in [0.2, 0.25) is 0 Å². The number of para-hydroxylation sites is 1. The van der Waals surface area contributed by atoms with Crippen LogP contribution in [0.1, 0.15) is 22.0 Å². The molecule has 5 rings (SSSR count). The van der Waals surface area contributed by atoms with E-state index in [1.165, 1.54) is 12.1 Å². The van der Waals surface area contributed by atoms with Crippen LogP contribution in [0.25, 0.3) is 16.3 Å². The molecular formula is C26H25FN4O2S. The lowest BCUT2D eigenvalue weighted by Gasteiger charge is -2.35. The molecule has 1 N–H and O–H groups in total. The molecular weight excluding hydrogens is 451 g/mol. The van der Waals surface area contributed by atoms with Gasteiger partial charge in [0.25, 0.3) is 5.91 Å². The summed E-state index contributed by atoms with van der Waals surface area (Å²) >= 11 is 1.55. The van der Waals surface area contributed by atoms with Gasteiger partial charge in [0, 0.05) is 25.8 Å². The summed E-state index contributed by atoms with van der Waals surface area (Å²) < 4.78 is 20.8. The Bertz CT molecular complexity index is 1220. The van der Waals surface area contributed by atoms with Crippen molar-refractivity contribution in [3.63, 3.8) is 0 Å². The number of aromatic nitrogens is 2.